The summed E-state index contributed by atoms with van der Waals surface area (Å²) in [5.41, 5.74) is 1.93. The molecule has 2 heterocycles. The van der Waals surface area contributed by atoms with Gasteiger partial charge in [-0.2, -0.15) is 0 Å². The number of urea groups is 1. The average Bonchev–Trinajstić information content (AvgIpc) is 2.89. The molecule has 1 unspecified atom stereocenters. The van der Waals surface area contributed by atoms with E-state index in [4.69, 9.17) is 0 Å². The quantitative estimate of drug-likeness (QED) is 0.514. The maximum atomic E-state index is 13.6. The molecule has 3 aromatic carbocycles. The molecule has 0 bridgehead atoms. The molecule has 3 aromatic rings. The van der Waals surface area contributed by atoms with Crippen LogP contribution in [0.2, 0.25) is 0 Å². The van der Waals surface area contributed by atoms with Gasteiger partial charge < -0.3 is 20.2 Å². The summed E-state index contributed by atoms with van der Waals surface area (Å²) in [5.74, 6) is -0.220. The topological polar surface area (TPSA) is 72.9 Å². The van der Waals surface area contributed by atoms with Gasteiger partial charge in [0, 0.05) is 18.8 Å². The number of benzene rings is 3. The van der Waals surface area contributed by atoms with Gasteiger partial charge in [0.05, 0.1) is 17.5 Å². The largest absolute Gasteiger partial charge is 0.508 e. The third-order valence-electron chi connectivity index (χ3n) is 7.32. The number of anilines is 1. The zero-order chi connectivity index (χ0) is 24.6. The van der Waals surface area contributed by atoms with Crippen molar-refractivity contribution in [1.82, 2.24) is 10.2 Å². The van der Waals surface area contributed by atoms with E-state index in [1.807, 2.05) is 49.4 Å². The summed E-state index contributed by atoms with van der Waals surface area (Å²) < 4.78 is 13.5. The lowest BCUT2D eigenvalue weighted by Gasteiger charge is -2.59. The summed E-state index contributed by atoms with van der Waals surface area (Å²) in [4.78, 5) is 30.0. The fourth-order valence-electron chi connectivity index (χ4n) is 5.35. The first-order chi connectivity index (χ1) is 16.9. The number of likely N-dealkylation sites (tertiary alicyclic amines) is 1. The molecule has 6 nitrogen and oxygen atoms in total. The molecular weight excluding hydrogens is 445 g/mol. The number of nitrogens with zero attached hydrogens (tertiary/aromatic N) is 2. The third kappa shape index (κ3) is 4.11. The molecule has 5 rings (SSSR count). The number of hydrogen-bond acceptors (Lipinski definition) is 3. The van der Waals surface area contributed by atoms with E-state index >= 15 is 0 Å². The fraction of sp³-hybridized carbons (Fsp3) is 0.286. The van der Waals surface area contributed by atoms with Gasteiger partial charge in [-0.25, -0.2) is 9.18 Å². The maximum Gasteiger partial charge on any atom is 0.317 e. The van der Waals surface area contributed by atoms with E-state index in [2.05, 4.69) is 5.32 Å². The minimum atomic E-state index is -0.646. The summed E-state index contributed by atoms with van der Waals surface area (Å²) >= 11 is 0. The highest BCUT2D eigenvalue weighted by Gasteiger charge is 2.62. The Kier molecular flexibility index (Phi) is 5.93. The van der Waals surface area contributed by atoms with Crippen LogP contribution in [0, 0.1) is 11.2 Å². The van der Waals surface area contributed by atoms with Crippen LogP contribution < -0.4 is 10.2 Å². The van der Waals surface area contributed by atoms with E-state index in [0.29, 0.717) is 31.6 Å². The number of β-lactam (4-membered cyclic amide) rings is 1. The van der Waals surface area contributed by atoms with Crippen LogP contribution in [-0.2, 0) is 4.79 Å². The van der Waals surface area contributed by atoms with Crippen molar-refractivity contribution in [1.29, 1.82) is 0 Å². The lowest BCUT2D eigenvalue weighted by atomic mass is 9.62. The van der Waals surface area contributed by atoms with E-state index < -0.39 is 5.41 Å². The summed E-state index contributed by atoms with van der Waals surface area (Å²) in [5, 5.41) is 12.8. The van der Waals surface area contributed by atoms with Crippen molar-refractivity contribution >= 4 is 17.6 Å². The number of carbonyl (C=O) groups excluding carboxylic acids is 2. The Morgan fingerprint density at radius 3 is 2.26 bits per heavy atom. The van der Waals surface area contributed by atoms with Crippen LogP contribution in [0.5, 0.6) is 5.75 Å². The minimum absolute atomic E-state index is 0.0140. The molecule has 0 saturated carbocycles. The molecule has 2 aliphatic rings. The molecule has 0 radical (unpaired) electrons. The molecule has 0 aromatic heterocycles. The van der Waals surface area contributed by atoms with Crippen molar-refractivity contribution in [2.45, 2.75) is 31.8 Å². The van der Waals surface area contributed by atoms with Crippen LogP contribution in [0.15, 0.2) is 78.9 Å². The second-order valence-corrected chi connectivity index (χ2v) is 9.37. The number of piperidine rings is 1. The second-order valence-electron chi connectivity index (χ2n) is 9.37. The number of hydrogen-bond donors (Lipinski definition) is 2. The van der Waals surface area contributed by atoms with Gasteiger partial charge in [0.2, 0.25) is 5.91 Å². The number of phenols is 1. The van der Waals surface area contributed by atoms with Crippen molar-refractivity contribution in [2.24, 2.45) is 5.41 Å². The number of phenolic OH excluding ortho intramolecular Hbond substituents is 1. The van der Waals surface area contributed by atoms with Crippen LogP contribution in [0.25, 0.3) is 0 Å². The molecule has 180 valence electrons. The van der Waals surface area contributed by atoms with E-state index in [1.54, 1.807) is 34.1 Å². The van der Waals surface area contributed by atoms with Gasteiger partial charge in [0.25, 0.3) is 0 Å². The average molecular weight is 474 g/mol. The van der Waals surface area contributed by atoms with Gasteiger partial charge in [-0.3, -0.25) is 4.79 Å². The van der Waals surface area contributed by atoms with Gasteiger partial charge in [-0.05, 0) is 67.3 Å². The summed E-state index contributed by atoms with van der Waals surface area (Å²) in [6.07, 6.45) is 1.06. The zero-order valence-electron chi connectivity index (χ0n) is 19.5. The Labute approximate surface area is 204 Å². The molecule has 1 spiro atoms. The predicted octanol–water partition coefficient (Wildman–Crippen LogP) is 5.17. The lowest BCUT2D eigenvalue weighted by Crippen LogP contribution is -2.67. The van der Waals surface area contributed by atoms with E-state index in [1.165, 1.54) is 12.1 Å². The van der Waals surface area contributed by atoms with Crippen LogP contribution in [0.4, 0.5) is 14.9 Å². The molecule has 2 N–H and O–H groups in total. The number of halogens is 1. The minimum Gasteiger partial charge on any atom is -0.508 e. The van der Waals surface area contributed by atoms with Crippen LogP contribution in [-0.4, -0.2) is 35.0 Å². The van der Waals surface area contributed by atoms with Crippen LogP contribution in [0.1, 0.15) is 43.0 Å². The van der Waals surface area contributed by atoms with Gasteiger partial charge in [0.15, 0.2) is 0 Å². The van der Waals surface area contributed by atoms with E-state index in [0.717, 1.165) is 11.1 Å². The fourth-order valence-corrected chi connectivity index (χ4v) is 5.35. The maximum absolute atomic E-state index is 13.6. The Balaban J connectivity index is 1.34. The molecule has 2 atom stereocenters. The van der Waals surface area contributed by atoms with Crippen molar-refractivity contribution in [3.63, 3.8) is 0 Å². The molecule has 35 heavy (non-hydrogen) atoms. The summed E-state index contributed by atoms with van der Waals surface area (Å²) in [6.45, 7) is 2.88. The van der Waals surface area contributed by atoms with Gasteiger partial charge in [-0.15, -0.1) is 0 Å². The monoisotopic (exact) mass is 473 g/mol. The van der Waals surface area contributed by atoms with Gasteiger partial charge in [-0.1, -0.05) is 42.5 Å². The molecule has 2 aliphatic heterocycles. The SMILES string of the molecule is C[C@@H](NC(=O)N1CCC2(CC1)C(=O)N(c1ccc(F)cc1)C2c1ccc(O)cc1)c1ccccc1. The number of carbonyl (C=O) groups is 2. The standard InChI is InChI=1S/C28H28FN3O3/c1-19(20-5-3-2-4-6-20)30-27(35)31-17-15-28(16-18-31)25(21-7-13-24(33)14-8-21)32(26(28)34)23-11-9-22(29)10-12-23/h2-14,19,25,33H,15-18H2,1H3,(H,30,35)/t19-,25?/m1/s1. The van der Waals surface area contributed by atoms with Gasteiger partial charge in [0.1, 0.15) is 11.6 Å². The highest BCUT2D eigenvalue weighted by molar-refractivity contribution is 6.06. The Hall–Kier alpha value is -3.87. The molecule has 7 heteroatoms. The Morgan fingerprint density at radius 2 is 1.63 bits per heavy atom. The third-order valence-corrected chi connectivity index (χ3v) is 7.32. The molecule has 2 fully saturated rings. The first-order valence-corrected chi connectivity index (χ1v) is 11.9. The van der Waals surface area contributed by atoms with Crippen LogP contribution >= 0.6 is 0 Å². The number of nitrogens with one attached hydrogen (secondary N) is 1. The first kappa shape index (κ1) is 22.9. The number of aromatic hydroxyl groups is 1. The van der Waals surface area contributed by atoms with Crippen molar-refractivity contribution in [2.75, 3.05) is 18.0 Å². The highest BCUT2D eigenvalue weighted by Crippen LogP contribution is 2.57. The van der Waals surface area contributed by atoms with E-state index in [9.17, 15) is 19.1 Å². The molecule has 2 saturated heterocycles. The number of amides is 3. The molecule has 3 amide bonds. The predicted molar refractivity (Wildman–Crippen MR) is 131 cm³/mol. The van der Waals surface area contributed by atoms with Crippen molar-refractivity contribution in [3.05, 3.63) is 95.8 Å². The summed E-state index contributed by atoms with van der Waals surface area (Å²) in [7, 11) is 0. The number of rotatable bonds is 4. The zero-order valence-corrected chi connectivity index (χ0v) is 19.5. The van der Waals surface area contributed by atoms with Crippen LogP contribution in [0.3, 0.4) is 0 Å². The first-order valence-electron chi connectivity index (χ1n) is 11.9. The Bertz CT molecular complexity index is 1210. The Morgan fingerprint density at radius 1 is 1.00 bits per heavy atom. The normalized spacial score (nSPS) is 19.8. The highest BCUT2D eigenvalue weighted by atomic mass is 19.1. The molecule has 0 aliphatic carbocycles. The molecular formula is C28H28FN3O3. The summed E-state index contributed by atoms with van der Waals surface area (Å²) in [6, 6.07) is 22.1. The van der Waals surface area contributed by atoms with E-state index in [-0.39, 0.29) is 35.6 Å². The van der Waals surface area contributed by atoms with Gasteiger partial charge >= 0.3 is 6.03 Å². The lowest BCUT2D eigenvalue weighted by molar-refractivity contribution is -0.144. The smallest absolute Gasteiger partial charge is 0.317 e. The van der Waals surface area contributed by atoms with Crippen molar-refractivity contribution < 1.29 is 19.1 Å². The second kappa shape index (κ2) is 9.06. The van der Waals surface area contributed by atoms with Crippen molar-refractivity contribution in [3.8, 4) is 5.75 Å².